The normalized spacial score (nSPS) is 22.8. The van der Waals surface area contributed by atoms with Gasteiger partial charge >= 0.3 is 11.7 Å². The summed E-state index contributed by atoms with van der Waals surface area (Å²) in [5.41, 5.74) is 2.40. The lowest BCUT2D eigenvalue weighted by molar-refractivity contribution is -0.385. The molecule has 0 saturated heterocycles. The number of aliphatic imine (C=N–C) groups is 1. The SMILES string of the molecule is COC(=O)C1C(C)=NC2=C(C(=O)C[C@H](c3ccccc3)C2)[C@@H]1c1ccc(O)c([N+](=O)[O-])c1. The third kappa shape index (κ3) is 3.68. The molecule has 0 amide bonds. The van der Waals surface area contributed by atoms with Crippen molar-refractivity contribution in [2.45, 2.75) is 31.6 Å². The molecule has 4 rings (SSSR count). The zero-order chi connectivity index (χ0) is 23.0. The summed E-state index contributed by atoms with van der Waals surface area (Å²) >= 11 is 0. The van der Waals surface area contributed by atoms with Gasteiger partial charge in [-0.25, -0.2) is 0 Å². The van der Waals surface area contributed by atoms with Gasteiger partial charge in [-0.1, -0.05) is 36.4 Å². The second-order valence-electron chi connectivity index (χ2n) is 8.04. The average Bonchev–Trinajstić information content (AvgIpc) is 2.78. The maximum Gasteiger partial charge on any atom is 0.315 e. The number of esters is 1. The van der Waals surface area contributed by atoms with Crippen LogP contribution in [0, 0.1) is 16.0 Å². The molecule has 0 spiro atoms. The molecule has 0 fully saturated rings. The van der Waals surface area contributed by atoms with E-state index in [9.17, 15) is 24.8 Å². The van der Waals surface area contributed by atoms with Gasteiger partial charge in [-0.3, -0.25) is 24.7 Å². The van der Waals surface area contributed by atoms with E-state index in [1.165, 1.54) is 25.3 Å². The van der Waals surface area contributed by atoms with Gasteiger partial charge in [-0.15, -0.1) is 0 Å². The first-order valence-electron chi connectivity index (χ1n) is 10.2. The van der Waals surface area contributed by atoms with Crippen LogP contribution < -0.4 is 0 Å². The van der Waals surface area contributed by atoms with Gasteiger partial charge in [0, 0.05) is 35.4 Å². The van der Waals surface area contributed by atoms with Gasteiger partial charge in [0.05, 0.1) is 12.0 Å². The fourth-order valence-corrected chi connectivity index (χ4v) is 4.69. The highest BCUT2D eigenvalue weighted by Crippen LogP contribution is 2.47. The van der Waals surface area contributed by atoms with Crippen molar-refractivity contribution in [3.63, 3.8) is 0 Å². The summed E-state index contributed by atoms with van der Waals surface area (Å²) in [5, 5.41) is 21.3. The van der Waals surface area contributed by atoms with Crippen LogP contribution in [0.25, 0.3) is 0 Å². The van der Waals surface area contributed by atoms with E-state index in [0.717, 1.165) is 5.56 Å². The van der Waals surface area contributed by atoms with Crippen LogP contribution in [0.3, 0.4) is 0 Å². The summed E-state index contributed by atoms with van der Waals surface area (Å²) in [5.74, 6) is -2.91. The Morgan fingerprint density at radius 2 is 1.88 bits per heavy atom. The molecule has 0 aromatic heterocycles. The van der Waals surface area contributed by atoms with E-state index in [0.29, 0.717) is 29.0 Å². The summed E-state index contributed by atoms with van der Waals surface area (Å²) in [6.07, 6.45) is 0.773. The Morgan fingerprint density at radius 1 is 1.16 bits per heavy atom. The predicted molar refractivity (Wildman–Crippen MR) is 117 cm³/mol. The molecule has 1 N–H and O–H groups in total. The van der Waals surface area contributed by atoms with Gasteiger partial charge < -0.3 is 9.84 Å². The lowest BCUT2D eigenvalue weighted by atomic mass is 9.69. The standard InChI is InChI=1S/C24H22N2O6/c1-13-21(24(29)32-2)22(15-8-9-19(27)18(11-15)26(30)31)23-17(25-13)10-16(12-20(23)28)14-6-4-3-5-7-14/h3-9,11,16,21-22,27H,10,12H2,1-2H3/t16-,21?,22-/m1/s1. The van der Waals surface area contributed by atoms with Crippen molar-refractivity contribution < 1.29 is 24.4 Å². The van der Waals surface area contributed by atoms with Crippen LogP contribution in [0.5, 0.6) is 5.75 Å². The third-order valence-electron chi connectivity index (χ3n) is 6.17. The molecule has 0 bridgehead atoms. The summed E-state index contributed by atoms with van der Waals surface area (Å²) < 4.78 is 4.98. The number of nitro groups is 1. The Morgan fingerprint density at radius 3 is 2.53 bits per heavy atom. The van der Waals surface area contributed by atoms with Crippen LogP contribution in [-0.4, -0.2) is 34.6 Å². The minimum atomic E-state index is -0.889. The number of ether oxygens (including phenoxy) is 1. The molecular weight excluding hydrogens is 412 g/mol. The molecule has 2 aromatic carbocycles. The smallest absolute Gasteiger partial charge is 0.315 e. The van der Waals surface area contributed by atoms with Crippen molar-refractivity contribution in [2.24, 2.45) is 10.9 Å². The summed E-state index contributed by atoms with van der Waals surface area (Å²) in [6.45, 7) is 1.70. The molecule has 164 valence electrons. The number of allylic oxidation sites excluding steroid dienone is 2. The third-order valence-corrected chi connectivity index (χ3v) is 6.17. The largest absolute Gasteiger partial charge is 0.502 e. The number of aromatic hydroxyl groups is 1. The molecule has 32 heavy (non-hydrogen) atoms. The fraction of sp³-hybridized carbons (Fsp3) is 0.292. The number of benzene rings is 2. The van der Waals surface area contributed by atoms with Crippen molar-refractivity contribution in [3.8, 4) is 5.75 Å². The Labute approximate surface area is 184 Å². The van der Waals surface area contributed by atoms with Crippen LogP contribution in [0.4, 0.5) is 5.69 Å². The highest BCUT2D eigenvalue weighted by molar-refractivity contribution is 6.09. The first kappa shape index (κ1) is 21.4. The van der Waals surface area contributed by atoms with Crippen LogP contribution >= 0.6 is 0 Å². The van der Waals surface area contributed by atoms with Gasteiger partial charge in [0.25, 0.3) is 0 Å². The number of phenols is 1. The highest BCUT2D eigenvalue weighted by atomic mass is 16.6. The number of methoxy groups -OCH3 is 1. The number of hydrogen-bond acceptors (Lipinski definition) is 7. The van der Waals surface area contributed by atoms with Gasteiger partial charge in [-0.2, -0.15) is 0 Å². The molecule has 1 unspecified atom stereocenters. The minimum absolute atomic E-state index is 0.0384. The minimum Gasteiger partial charge on any atom is -0.502 e. The maximum atomic E-state index is 13.4. The fourth-order valence-electron chi connectivity index (χ4n) is 4.69. The van der Waals surface area contributed by atoms with Crippen molar-refractivity contribution in [3.05, 3.63) is 81.0 Å². The van der Waals surface area contributed by atoms with E-state index in [1.807, 2.05) is 30.3 Å². The van der Waals surface area contributed by atoms with Crippen LogP contribution in [0.1, 0.15) is 42.7 Å². The first-order chi connectivity index (χ1) is 15.3. The number of nitrogens with zero attached hydrogens (tertiary/aromatic N) is 2. The molecular formula is C24H22N2O6. The molecule has 1 aliphatic carbocycles. The number of phenolic OH excluding ortho intramolecular Hbond substituents is 1. The Hall–Kier alpha value is -3.81. The number of Topliss-reactive ketones (excluding diaryl/α,β-unsaturated/α-hetero) is 1. The van der Waals surface area contributed by atoms with Crippen molar-refractivity contribution in [2.75, 3.05) is 7.11 Å². The quantitative estimate of drug-likeness (QED) is 0.440. The summed E-state index contributed by atoms with van der Waals surface area (Å²) in [7, 11) is 1.25. The number of carbonyl (C=O) groups is 2. The molecule has 1 heterocycles. The zero-order valence-electron chi connectivity index (χ0n) is 17.6. The van der Waals surface area contributed by atoms with E-state index in [-0.39, 0.29) is 18.1 Å². The van der Waals surface area contributed by atoms with Gasteiger partial charge in [0.1, 0.15) is 5.92 Å². The first-order valence-corrected chi connectivity index (χ1v) is 10.2. The average molecular weight is 434 g/mol. The van der Waals surface area contributed by atoms with E-state index in [4.69, 9.17) is 4.74 Å². The molecule has 8 nitrogen and oxygen atoms in total. The molecule has 8 heteroatoms. The number of ketones is 1. The molecule has 0 radical (unpaired) electrons. The van der Waals surface area contributed by atoms with Crippen molar-refractivity contribution in [1.82, 2.24) is 0 Å². The van der Waals surface area contributed by atoms with Crippen LogP contribution in [-0.2, 0) is 14.3 Å². The van der Waals surface area contributed by atoms with Gasteiger partial charge in [-0.05, 0) is 36.5 Å². The lowest BCUT2D eigenvalue weighted by Crippen LogP contribution is -2.37. The monoisotopic (exact) mass is 434 g/mol. The number of hydrogen-bond donors (Lipinski definition) is 1. The zero-order valence-corrected chi connectivity index (χ0v) is 17.6. The second kappa shape index (κ2) is 8.37. The van der Waals surface area contributed by atoms with E-state index < -0.39 is 34.2 Å². The summed E-state index contributed by atoms with van der Waals surface area (Å²) in [6, 6.07) is 13.6. The number of carbonyl (C=O) groups excluding carboxylic acids is 2. The lowest BCUT2D eigenvalue weighted by Gasteiger charge is -2.36. The van der Waals surface area contributed by atoms with Crippen molar-refractivity contribution >= 4 is 23.2 Å². The molecule has 0 saturated carbocycles. The predicted octanol–water partition coefficient (Wildman–Crippen LogP) is 4.05. The Balaban J connectivity index is 1.86. The van der Waals surface area contributed by atoms with E-state index in [2.05, 4.69) is 4.99 Å². The Bertz CT molecular complexity index is 1170. The molecule has 3 atom stereocenters. The van der Waals surface area contributed by atoms with E-state index >= 15 is 0 Å². The maximum absolute atomic E-state index is 13.4. The number of rotatable bonds is 4. The number of nitro benzene ring substituents is 1. The highest BCUT2D eigenvalue weighted by Gasteiger charge is 2.45. The summed E-state index contributed by atoms with van der Waals surface area (Å²) in [4.78, 5) is 41.4. The van der Waals surface area contributed by atoms with Crippen LogP contribution in [0.15, 0.2) is 64.8 Å². The molecule has 2 aromatic rings. The topological polar surface area (TPSA) is 119 Å². The van der Waals surface area contributed by atoms with Gasteiger partial charge in [0.15, 0.2) is 11.5 Å². The van der Waals surface area contributed by atoms with E-state index in [1.54, 1.807) is 6.92 Å². The van der Waals surface area contributed by atoms with Gasteiger partial charge in [0.2, 0.25) is 0 Å². The molecule has 1 aliphatic heterocycles. The van der Waals surface area contributed by atoms with Crippen LogP contribution in [0.2, 0.25) is 0 Å². The Kier molecular flexibility index (Phi) is 5.61. The second-order valence-corrected chi connectivity index (χ2v) is 8.04. The van der Waals surface area contributed by atoms with Crippen molar-refractivity contribution in [1.29, 1.82) is 0 Å². The molecule has 2 aliphatic rings.